The van der Waals surface area contributed by atoms with Crippen LogP contribution in [0.2, 0.25) is 5.02 Å². The Balaban J connectivity index is 2.20. The number of carbonyl (C=O) groups excluding carboxylic acids is 1. The van der Waals surface area contributed by atoms with Gasteiger partial charge in [0.05, 0.1) is 17.8 Å². The zero-order valence-corrected chi connectivity index (χ0v) is 10.5. The molecule has 0 bridgehead atoms. The minimum absolute atomic E-state index is 0.496. The highest BCUT2D eigenvalue weighted by atomic mass is 35.5. The smallest absolute Gasteiger partial charge is 0.152 e. The van der Waals surface area contributed by atoms with Crippen molar-refractivity contribution in [2.24, 2.45) is 0 Å². The zero-order chi connectivity index (χ0) is 12.3. The summed E-state index contributed by atoms with van der Waals surface area (Å²) >= 11 is 10.1. The van der Waals surface area contributed by atoms with Gasteiger partial charge in [-0.1, -0.05) is 11.6 Å². The van der Waals surface area contributed by atoms with Crippen molar-refractivity contribution >= 4 is 36.2 Å². The molecule has 0 aliphatic carbocycles. The standard InChI is InChI=1S/C12H10ClNO2S/c13-10-5-11(8(7-15)4-12(10)17)14-6-9-2-1-3-16-9/h1-5,7,14,17H,6H2. The van der Waals surface area contributed by atoms with Gasteiger partial charge in [-0.2, -0.15) is 0 Å². The highest BCUT2D eigenvalue weighted by molar-refractivity contribution is 7.80. The summed E-state index contributed by atoms with van der Waals surface area (Å²) in [4.78, 5) is 11.5. The quantitative estimate of drug-likeness (QED) is 0.656. The Morgan fingerprint density at radius 2 is 2.29 bits per heavy atom. The molecule has 0 atom stereocenters. The van der Waals surface area contributed by atoms with E-state index in [-0.39, 0.29) is 0 Å². The molecule has 0 saturated carbocycles. The number of nitrogens with one attached hydrogen (secondary N) is 1. The molecule has 0 aliphatic rings. The summed E-state index contributed by atoms with van der Waals surface area (Å²) in [5.74, 6) is 0.785. The third-order valence-corrected chi connectivity index (χ3v) is 3.09. The lowest BCUT2D eigenvalue weighted by Gasteiger charge is -2.09. The molecular weight excluding hydrogens is 258 g/mol. The molecule has 0 saturated heterocycles. The third kappa shape index (κ3) is 2.84. The lowest BCUT2D eigenvalue weighted by Crippen LogP contribution is -2.01. The molecule has 5 heteroatoms. The molecule has 3 nitrogen and oxygen atoms in total. The Morgan fingerprint density at radius 3 is 2.94 bits per heavy atom. The molecule has 17 heavy (non-hydrogen) atoms. The van der Waals surface area contributed by atoms with Crippen LogP contribution >= 0.6 is 24.2 Å². The van der Waals surface area contributed by atoms with Gasteiger partial charge in [-0.3, -0.25) is 4.79 Å². The molecule has 1 heterocycles. The van der Waals surface area contributed by atoms with Gasteiger partial charge >= 0.3 is 0 Å². The molecule has 0 aliphatic heterocycles. The summed E-state index contributed by atoms with van der Waals surface area (Å²) in [6, 6.07) is 6.96. The molecular formula is C12H10ClNO2S. The number of thiol groups is 1. The van der Waals surface area contributed by atoms with Crippen LogP contribution in [0.15, 0.2) is 39.8 Å². The van der Waals surface area contributed by atoms with E-state index in [9.17, 15) is 4.79 Å². The van der Waals surface area contributed by atoms with Gasteiger partial charge in [-0.25, -0.2) is 0 Å². The van der Waals surface area contributed by atoms with Gasteiger partial charge in [0.25, 0.3) is 0 Å². The van der Waals surface area contributed by atoms with E-state index in [0.717, 1.165) is 12.0 Å². The van der Waals surface area contributed by atoms with Crippen molar-refractivity contribution in [2.75, 3.05) is 5.32 Å². The van der Waals surface area contributed by atoms with Crippen LogP contribution in [0.5, 0.6) is 0 Å². The van der Waals surface area contributed by atoms with Gasteiger partial charge in [-0.05, 0) is 24.3 Å². The summed E-state index contributed by atoms with van der Waals surface area (Å²) in [5.41, 5.74) is 1.19. The van der Waals surface area contributed by atoms with Crippen LogP contribution in [0.3, 0.4) is 0 Å². The average molecular weight is 268 g/mol. The topological polar surface area (TPSA) is 42.2 Å². The normalized spacial score (nSPS) is 10.2. The van der Waals surface area contributed by atoms with E-state index in [1.165, 1.54) is 0 Å². The molecule has 0 radical (unpaired) electrons. The lowest BCUT2D eigenvalue weighted by atomic mass is 10.2. The summed E-state index contributed by atoms with van der Waals surface area (Å²) in [7, 11) is 0. The largest absolute Gasteiger partial charge is 0.467 e. The second-order valence-electron chi connectivity index (χ2n) is 3.44. The first-order chi connectivity index (χ1) is 8.20. The van der Waals surface area contributed by atoms with Crippen molar-refractivity contribution in [1.82, 2.24) is 0 Å². The van der Waals surface area contributed by atoms with E-state index in [1.54, 1.807) is 24.5 Å². The maximum absolute atomic E-state index is 10.9. The third-order valence-electron chi connectivity index (χ3n) is 2.28. The van der Waals surface area contributed by atoms with Crippen molar-refractivity contribution in [3.8, 4) is 0 Å². The Morgan fingerprint density at radius 1 is 1.47 bits per heavy atom. The molecule has 1 aromatic carbocycles. The molecule has 2 rings (SSSR count). The molecule has 1 aromatic heterocycles. The number of halogens is 1. The van der Waals surface area contributed by atoms with Crippen molar-refractivity contribution in [3.63, 3.8) is 0 Å². The predicted molar refractivity (Wildman–Crippen MR) is 70.1 cm³/mol. The van der Waals surface area contributed by atoms with E-state index in [0.29, 0.717) is 27.7 Å². The second kappa shape index (κ2) is 5.29. The first-order valence-electron chi connectivity index (χ1n) is 4.94. The fourth-order valence-electron chi connectivity index (χ4n) is 1.42. The lowest BCUT2D eigenvalue weighted by molar-refractivity contribution is 0.112. The van der Waals surface area contributed by atoms with Gasteiger partial charge in [0.15, 0.2) is 6.29 Å². The number of carbonyl (C=O) groups is 1. The highest BCUT2D eigenvalue weighted by Gasteiger charge is 2.06. The van der Waals surface area contributed by atoms with Crippen molar-refractivity contribution in [2.45, 2.75) is 11.4 Å². The van der Waals surface area contributed by atoms with E-state index in [1.807, 2.05) is 6.07 Å². The van der Waals surface area contributed by atoms with Crippen molar-refractivity contribution in [1.29, 1.82) is 0 Å². The van der Waals surface area contributed by atoms with Crippen LogP contribution in [0.1, 0.15) is 16.1 Å². The number of furan rings is 1. The Kier molecular flexibility index (Phi) is 3.76. The summed E-state index contributed by atoms with van der Waals surface area (Å²) in [5, 5.41) is 3.59. The SMILES string of the molecule is O=Cc1cc(S)c(Cl)cc1NCc1ccco1. The number of benzene rings is 1. The van der Waals surface area contributed by atoms with Gasteiger partial charge in [-0.15, -0.1) is 12.6 Å². The summed E-state index contributed by atoms with van der Waals surface area (Å²) in [6.07, 6.45) is 2.36. The van der Waals surface area contributed by atoms with Gasteiger partial charge < -0.3 is 9.73 Å². The molecule has 0 fully saturated rings. The fraction of sp³-hybridized carbons (Fsp3) is 0.0833. The average Bonchev–Trinajstić information content (AvgIpc) is 2.83. The number of rotatable bonds is 4. The number of hydrogen-bond donors (Lipinski definition) is 2. The van der Waals surface area contributed by atoms with Gasteiger partial charge in [0.1, 0.15) is 5.76 Å². The van der Waals surface area contributed by atoms with E-state index in [2.05, 4.69) is 17.9 Å². The monoisotopic (exact) mass is 267 g/mol. The number of hydrogen-bond acceptors (Lipinski definition) is 4. The van der Waals surface area contributed by atoms with E-state index >= 15 is 0 Å². The zero-order valence-electron chi connectivity index (χ0n) is 8.81. The minimum atomic E-state index is 0.496. The highest BCUT2D eigenvalue weighted by Crippen LogP contribution is 2.27. The predicted octanol–water partition coefficient (Wildman–Crippen LogP) is 3.65. The van der Waals surface area contributed by atoms with Crippen LogP contribution < -0.4 is 5.32 Å². The van der Waals surface area contributed by atoms with E-state index in [4.69, 9.17) is 16.0 Å². The first-order valence-corrected chi connectivity index (χ1v) is 5.77. The molecule has 0 unspecified atom stereocenters. The van der Waals surface area contributed by atoms with Gasteiger partial charge in [0.2, 0.25) is 0 Å². The maximum atomic E-state index is 10.9. The molecule has 1 N–H and O–H groups in total. The van der Waals surface area contributed by atoms with Gasteiger partial charge in [0, 0.05) is 16.1 Å². The van der Waals surface area contributed by atoms with Crippen molar-refractivity contribution < 1.29 is 9.21 Å². The molecule has 0 amide bonds. The molecule has 0 spiro atoms. The Labute approximate surface area is 109 Å². The van der Waals surface area contributed by atoms with Crippen LogP contribution in [0.4, 0.5) is 5.69 Å². The minimum Gasteiger partial charge on any atom is -0.467 e. The Hall–Kier alpha value is -1.39. The summed E-state index contributed by atoms with van der Waals surface area (Å²) < 4.78 is 5.18. The fourth-order valence-corrected chi connectivity index (χ4v) is 1.79. The van der Waals surface area contributed by atoms with Crippen LogP contribution in [-0.2, 0) is 6.54 Å². The van der Waals surface area contributed by atoms with Crippen LogP contribution in [0.25, 0.3) is 0 Å². The van der Waals surface area contributed by atoms with Crippen LogP contribution in [0, 0.1) is 0 Å². The molecule has 88 valence electrons. The summed E-state index contributed by atoms with van der Waals surface area (Å²) in [6.45, 7) is 0.496. The number of anilines is 1. The second-order valence-corrected chi connectivity index (χ2v) is 4.33. The Bertz CT molecular complexity index is 526. The van der Waals surface area contributed by atoms with Crippen LogP contribution in [-0.4, -0.2) is 6.29 Å². The molecule has 2 aromatic rings. The number of aldehydes is 1. The first kappa shape index (κ1) is 12.1. The van der Waals surface area contributed by atoms with Crippen molar-refractivity contribution in [3.05, 3.63) is 46.9 Å². The maximum Gasteiger partial charge on any atom is 0.152 e. The van der Waals surface area contributed by atoms with E-state index < -0.39 is 0 Å².